The van der Waals surface area contributed by atoms with Gasteiger partial charge in [-0.05, 0) is 26.7 Å². The Hall–Kier alpha value is -1.32. The van der Waals surface area contributed by atoms with Crippen LogP contribution in [0.15, 0.2) is 9.52 Å². The van der Waals surface area contributed by atoms with E-state index in [4.69, 9.17) is 4.52 Å². The quantitative estimate of drug-likeness (QED) is 0.409. The highest BCUT2D eigenvalue weighted by Gasteiger charge is 2.42. The van der Waals surface area contributed by atoms with Gasteiger partial charge in [0, 0.05) is 50.6 Å². The molecule has 24 heavy (non-hydrogen) atoms. The average Bonchev–Trinajstić information content (AvgIpc) is 3.04. The molecule has 0 aliphatic carbocycles. The van der Waals surface area contributed by atoms with Crippen LogP contribution in [0.1, 0.15) is 36.3 Å². The summed E-state index contributed by atoms with van der Waals surface area (Å²) in [5.41, 5.74) is 2.05. The Morgan fingerprint density at radius 1 is 1.50 bits per heavy atom. The summed E-state index contributed by atoms with van der Waals surface area (Å²) in [7, 11) is 1.80. The number of aliphatic imine (C=N–C) groups is 1. The molecule has 0 aromatic carbocycles. The number of nitrogens with zero attached hydrogens (tertiary/aromatic N) is 3. The van der Waals surface area contributed by atoms with Gasteiger partial charge in [0.1, 0.15) is 5.76 Å². The van der Waals surface area contributed by atoms with Gasteiger partial charge in [0.25, 0.3) is 0 Å². The van der Waals surface area contributed by atoms with Crippen molar-refractivity contribution in [2.45, 2.75) is 39.7 Å². The number of aromatic nitrogens is 1. The fraction of sp³-hybridized carbons (Fsp3) is 0.688. The van der Waals surface area contributed by atoms with E-state index in [1.807, 2.05) is 13.8 Å². The summed E-state index contributed by atoms with van der Waals surface area (Å²) in [5, 5.41) is 10.4. The summed E-state index contributed by atoms with van der Waals surface area (Å²) in [5.74, 6) is 1.89. The summed E-state index contributed by atoms with van der Waals surface area (Å²) < 4.78 is 5.21. The van der Waals surface area contributed by atoms with Crippen molar-refractivity contribution >= 4 is 35.8 Å². The van der Waals surface area contributed by atoms with Gasteiger partial charge in [-0.3, -0.25) is 9.79 Å². The zero-order valence-corrected chi connectivity index (χ0v) is 16.8. The van der Waals surface area contributed by atoms with Crippen molar-refractivity contribution in [3.8, 4) is 0 Å². The predicted molar refractivity (Wildman–Crippen MR) is 102 cm³/mol. The minimum absolute atomic E-state index is 0. The molecule has 1 aromatic heterocycles. The molecule has 2 aliphatic rings. The third-order valence-electron chi connectivity index (χ3n) is 4.97. The smallest absolute Gasteiger partial charge is 0.220 e. The van der Waals surface area contributed by atoms with Crippen molar-refractivity contribution in [2.24, 2.45) is 10.4 Å². The Balaban J connectivity index is 0.00000208. The number of amides is 1. The summed E-state index contributed by atoms with van der Waals surface area (Å²) in [6.07, 6.45) is 2.81. The number of aryl methyl sites for hydroxylation is 2. The molecule has 2 N–H and O–H groups in total. The molecular formula is C16H26IN5O2. The monoisotopic (exact) mass is 447 g/mol. The third-order valence-corrected chi connectivity index (χ3v) is 4.97. The molecule has 1 amide bonds. The Kier molecular flexibility index (Phi) is 6.11. The Bertz CT molecular complexity index is 610. The van der Waals surface area contributed by atoms with E-state index in [0.29, 0.717) is 13.0 Å². The summed E-state index contributed by atoms with van der Waals surface area (Å²) in [4.78, 5) is 18.3. The van der Waals surface area contributed by atoms with Crippen molar-refractivity contribution in [3.63, 3.8) is 0 Å². The number of hydrogen-bond donors (Lipinski definition) is 2. The van der Waals surface area contributed by atoms with Crippen LogP contribution in [-0.4, -0.2) is 48.6 Å². The van der Waals surface area contributed by atoms with E-state index in [9.17, 15) is 4.79 Å². The topological polar surface area (TPSA) is 82.8 Å². The Morgan fingerprint density at radius 2 is 2.29 bits per heavy atom. The van der Waals surface area contributed by atoms with E-state index in [0.717, 1.165) is 55.5 Å². The maximum absolute atomic E-state index is 11.6. The van der Waals surface area contributed by atoms with Gasteiger partial charge >= 0.3 is 0 Å². The zero-order chi connectivity index (χ0) is 16.4. The van der Waals surface area contributed by atoms with Gasteiger partial charge in [-0.2, -0.15) is 0 Å². The van der Waals surface area contributed by atoms with Crippen molar-refractivity contribution in [1.29, 1.82) is 0 Å². The third kappa shape index (κ3) is 3.84. The van der Waals surface area contributed by atoms with Gasteiger partial charge in [-0.15, -0.1) is 24.0 Å². The first-order valence-electron chi connectivity index (χ1n) is 8.17. The first kappa shape index (κ1) is 19.0. The predicted octanol–water partition coefficient (Wildman–Crippen LogP) is 1.59. The van der Waals surface area contributed by atoms with Crippen molar-refractivity contribution in [3.05, 3.63) is 17.0 Å². The normalized spacial score (nSPS) is 24.0. The lowest BCUT2D eigenvalue weighted by Crippen LogP contribution is -2.51. The van der Waals surface area contributed by atoms with Crippen LogP contribution >= 0.6 is 24.0 Å². The lowest BCUT2D eigenvalue weighted by Gasteiger charge is -2.40. The summed E-state index contributed by atoms with van der Waals surface area (Å²) in [6, 6.07) is 0. The lowest BCUT2D eigenvalue weighted by atomic mass is 9.79. The van der Waals surface area contributed by atoms with Crippen LogP contribution < -0.4 is 10.6 Å². The fourth-order valence-electron chi connectivity index (χ4n) is 3.68. The number of halogens is 1. The number of guanidine groups is 1. The highest BCUT2D eigenvalue weighted by atomic mass is 127. The largest absolute Gasteiger partial charge is 0.361 e. The maximum atomic E-state index is 11.6. The highest BCUT2D eigenvalue weighted by molar-refractivity contribution is 14.0. The number of hydrogen-bond acceptors (Lipinski definition) is 4. The maximum Gasteiger partial charge on any atom is 0.220 e. The average molecular weight is 447 g/mol. The first-order chi connectivity index (χ1) is 11.0. The van der Waals surface area contributed by atoms with Gasteiger partial charge in [0.15, 0.2) is 5.96 Å². The number of carbonyl (C=O) groups is 1. The minimum atomic E-state index is 0. The lowest BCUT2D eigenvalue weighted by molar-refractivity contribution is -0.119. The Labute approximate surface area is 159 Å². The molecule has 2 aliphatic heterocycles. The molecule has 8 heteroatoms. The molecule has 0 saturated carbocycles. The standard InChI is InChI=1S/C16H25N5O2.HI/c1-11-13(12(2)23-20-11)8-18-15(17-3)21-6-4-5-16(10-21)7-14(22)19-9-16;/h4-10H2,1-3H3,(H,17,18)(H,19,22);1H. The molecule has 2 fully saturated rings. The van der Waals surface area contributed by atoms with Crippen molar-refractivity contribution in [2.75, 3.05) is 26.7 Å². The molecular weight excluding hydrogens is 421 g/mol. The van der Waals surface area contributed by atoms with Crippen LogP contribution in [-0.2, 0) is 11.3 Å². The Morgan fingerprint density at radius 3 is 2.88 bits per heavy atom. The molecule has 1 spiro atoms. The van der Waals surface area contributed by atoms with Crippen LogP contribution in [0.5, 0.6) is 0 Å². The van der Waals surface area contributed by atoms with Gasteiger partial charge < -0.3 is 20.1 Å². The van der Waals surface area contributed by atoms with Gasteiger partial charge in [0.2, 0.25) is 5.91 Å². The fourth-order valence-corrected chi connectivity index (χ4v) is 3.68. The molecule has 1 aromatic rings. The van der Waals surface area contributed by atoms with Crippen molar-refractivity contribution in [1.82, 2.24) is 20.7 Å². The molecule has 7 nitrogen and oxygen atoms in total. The zero-order valence-electron chi connectivity index (χ0n) is 14.5. The van der Waals surface area contributed by atoms with Crippen LogP contribution in [0.25, 0.3) is 0 Å². The first-order valence-corrected chi connectivity index (χ1v) is 8.17. The molecule has 3 heterocycles. The number of rotatable bonds is 2. The van der Waals surface area contributed by atoms with E-state index in [1.165, 1.54) is 0 Å². The van der Waals surface area contributed by atoms with Gasteiger partial charge in [-0.1, -0.05) is 5.16 Å². The summed E-state index contributed by atoms with van der Waals surface area (Å²) in [6.45, 7) is 7.13. The van der Waals surface area contributed by atoms with Crippen molar-refractivity contribution < 1.29 is 9.32 Å². The number of piperidine rings is 1. The number of nitrogens with one attached hydrogen (secondary N) is 2. The summed E-state index contributed by atoms with van der Waals surface area (Å²) >= 11 is 0. The highest BCUT2D eigenvalue weighted by Crippen LogP contribution is 2.36. The number of carbonyl (C=O) groups excluding carboxylic acids is 1. The second kappa shape index (κ2) is 7.71. The molecule has 1 atom stereocenters. The van der Waals surface area contributed by atoms with Crippen LogP contribution in [0.2, 0.25) is 0 Å². The SMILES string of the molecule is CN=C(NCc1c(C)noc1C)N1CCCC2(CNC(=O)C2)C1.I. The van der Waals surface area contributed by atoms with Crippen LogP contribution in [0, 0.1) is 19.3 Å². The second-order valence-electron chi connectivity index (χ2n) is 6.68. The molecule has 0 bridgehead atoms. The second-order valence-corrected chi connectivity index (χ2v) is 6.68. The van der Waals surface area contributed by atoms with E-state index >= 15 is 0 Å². The molecule has 0 radical (unpaired) electrons. The van der Waals surface area contributed by atoms with Crippen LogP contribution in [0.3, 0.4) is 0 Å². The van der Waals surface area contributed by atoms with Gasteiger partial charge in [-0.25, -0.2) is 0 Å². The van der Waals surface area contributed by atoms with E-state index < -0.39 is 0 Å². The molecule has 2 saturated heterocycles. The van der Waals surface area contributed by atoms with E-state index in [2.05, 4.69) is 25.7 Å². The van der Waals surface area contributed by atoms with Crippen LogP contribution in [0.4, 0.5) is 0 Å². The van der Waals surface area contributed by atoms with Gasteiger partial charge in [0.05, 0.1) is 5.69 Å². The molecule has 134 valence electrons. The number of likely N-dealkylation sites (tertiary alicyclic amines) is 1. The molecule has 3 rings (SSSR count). The van der Waals surface area contributed by atoms with E-state index in [1.54, 1.807) is 7.05 Å². The molecule has 1 unspecified atom stereocenters. The minimum Gasteiger partial charge on any atom is -0.361 e. The van der Waals surface area contributed by atoms with E-state index in [-0.39, 0.29) is 35.3 Å².